The fraction of sp³-hybridized carbons (Fsp3) is 0. The van der Waals surface area contributed by atoms with Gasteiger partial charge in [0, 0.05) is 0 Å². The largest absolute Gasteiger partial charge is 0.307 e. The van der Waals surface area contributed by atoms with E-state index in [4.69, 9.17) is 10.8 Å². The first-order chi connectivity index (χ1) is 6.13. The van der Waals surface area contributed by atoms with Crippen molar-refractivity contribution >= 4 is 23.5 Å². The number of anilines is 2. The van der Waals surface area contributed by atoms with E-state index in [1.807, 2.05) is 0 Å². The molecule has 0 aromatic heterocycles. The van der Waals surface area contributed by atoms with Crippen LogP contribution in [-0.4, -0.2) is 0 Å². The van der Waals surface area contributed by atoms with E-state index in [1.54, 1.807) is 0 Å². The Morgan fingerprint density at radius 2 is 1.31 bits per heavy atom. The molecule has 0 atom stereocenters. The highest BCUT2D eigenvalue weighted by Gasteiger charge is 2.19. The molecule has 1 aliphatic heterocycles. The van der Waals surface area contributed by atoms with Gasteiger partial charge in [-0.25, -0.2) is 0 Å². The monoisotopic (exact) mass is 196 g/mol. The van der Waals surface area contributed by atoms with Gasteiger partial charge in [0.25, 0.3) is 0 Å². The summed E-state index contributed by atoms with van der Waals surface area (Å²) in [5.74, 6) is 0. The van der Waals surface area contributed by atoms with Crippen LogP contribution in [0.25, 0.3) is 0 Å². The highest BCUT2D eigenvalue weighted by atomic mass is 32.2. The van der Waals surface area contributed by atoms with Crippen LogP contribution in [-0.2, 0) is 0 Å². The molecule has 1 heterocycles. The second-order valence-corrected chi connectivity index (χ2v) is 3.08. The minimum Gasteiger partial charge on any atom is -0.307 e. The summed E-state index contributed by atoms with van der Waals surface area (Å²) in [4.78, 5) is 22.5. The van der Waals surface area contributed by atoms with Crippen LogP contribution in [0, 0.1) is 10.8 Å². The van der Waals surface area contributed by atoms with Crippen LogP contribution in [0.4, 0.5) is 11.4 Å². The quantitative estimate of drug-likeness (QED) is 0.383. The molecular formula is C6H4N4O2S. The van der Waals surface area contributed by atoms with Crippen molar-refractivity contribution in [2.24, 2.45) is 0 Å². The molecule has 2 rings (SSSR count). The molecule has 13 heavy (non-hydrogen) atoms. The standard InChI is InChI=1S/C6H4N4O2S/c7-1-2(8)6(12)4-3(5(1)11)9-13-10-4/h7-10H. The zero-order valence-corrected chi connectivity index (χ0v) is 7.04. The Labute approximate surface area is 75.6 Å². The van der Waals surface area contributed by atoms with Crippen molar-refractivity contribution in [2.45, 2.75) is 0 Å². The third-order valence-electron chi connectivity index (χ3n) is 1.71. The predicted octanol–water partition coefficient (Wildman–Crippen LogP) is -1.36. The van der Waals surface area contributed by atoms with Crippen LogP contribution in [0.2, 0.25) is 0 Å². The summed E-state index contributed by atoms with van der Waals surface area (Å²) in [5.41, 5.74) is -1.07. The van der Waals surface area contributed by atoms with Crippen molar-refractivity contribution in [2.75, 3.05) is 9.44 Å². The van der Waals surface area contributed by atoms with Crippen molar-refractivity contribution in [1.82, 2.24) is 0 Å². The van der Waals surface area contributed by atoms with E-state index in [9.17, 15) is 9.59 Å². The number of fused-ring (bicyclic) bond motifs is 1. The van der Waals surface area contributed by atoms with E-state index >= 15 is 0 Å². The maximum absolute atomic E-state index is 11.3. The summed E-state index contributed by atoms with van der Waals surface area (Å²) in [6.07, 6.45) is 0. The van der Waals surface area contributed by atoms with Gasteiger partial charge in [-0.2, -0.15) is 0 Å². The second kappa shape index (κ2) is 2.43. The SMILES string of the molecule is N=c1c(=O)c2c(c(=O)c1=N)NSN2. The van der Waals surface area contributed by atoms with E-state index < -0.39 is 21.6 Å². The molecule has 0 radical (unpaired) electrons. The zero-order valence-electron chi connectivity index (χ0n) is 6.22. The maximum atomic E-state index is 11.3. The third-order valence-corrected chi connectivity index (χ3v) is 2.33. The van der Waals surface area contributed by atoms with E-state index in [0.717, 1.165) is 12.1 Å². The van der Waals surface area contributed by atoms with Gasteiger partial charge >= 0.3 is 0 Å². The lowest BCUT2D eigenvalue weighted by Crippen LogP contribution is -2.47. The molecule has 4 N–H and O–H groups in total. The van der Waals surface area contributed by atoms with Gasteiger partial charge in [0.15, 0.2) is 0 Å². The van der Waals surface area contributed by atoms with E-state index in [2.05, 4.69) is 9.44 Å². The Balaban J connectivity index is 3.12. The van der Waals surface area contributed by atoms with Crippen molar-refractivity contribution in [1.29, 1.82) is 10.8 Å². The van der Waals surface area contributed by atoms with Gasteiger partial charge in [0.2, 0.25) is 10.9 Å². The van der Waals surface area contributed by atoms with Crippen LogP contribution >= 0.6 is 12.1 Å². The molecule has 7 heteroatoms. The molecule has 1 aromatic carbocycles. The Morgan fingerprint density at radius 3 is 1.69 bits per heavy atom. The van der Waals surface area contributed by atoms with Crippen molar-refractivity contribution in [3.8, 4) is 0 Å². The molecule has 1 aromatic rings. The molecule has 0 fully saturated rings. The molecular weight excluding hydrogens is 192 g/mol. The van der Waals surface area contributed by atoms with Gasteiger partial charge in [-0.1, -0.05) is 0 Å². The molecule has 0 aliphatic carbocycles. The number of rotatable bonds is 0. The number of nitrogens with one attached hydrogen (secondary N) is 4. The van der Waals surface area contributed by atoms with Crippen molar-refractivity contribution < 1.29 is 0 Å². The fourth-order valence-electron chi connectivity index (χ4n) is 1.03. The molecule has 0 saturated heterocycles. The molecule has 0 amide bonds. The highest BCUT2D eigenvalue weighted by molar-refractivity contribution is 8.02. The topological polar surface area (TPSA) is 106 Å². The van der Waals surface area contributed by atoms with Gasteiger partial charge < -0.3 is 9.44 Å². The molecule has 0 bridgehead atoms. The Bertz CT molecular complexity index is 521. The maximum Gasteiger partial charge on any atom is 0.231 e. The van der Waals surface area contributed by atoms with Crippen LogP contribution in [0.15, 0.2) is 9.59 Å². The molecule has 0 unspecified atom stereocenters. The minimum absolute atomic E-state index is 0.0796. The summed E-state index contributed by atoms with van der Waals surface area (Å²) in [6.45, 7) is 0. The van der Waals surface area contributed by atoms with Gasteiger partial charge in [-0.05, 0) is 0 Å². The second-order valence-electron chi connectivity index (χ2n) is 2.46. The molecule has 0 saturated carbocycles. The number of hydrogen-bond acceptors (Lipinski definition) is 7. The van der Waals surface area contributed by atoms with Gasteiger partial charge in [0.1, 0.15) is 22.1 Å². The summed E-state index contributed by atoms with van der Waals surface area (Å²) in [7, 11) is 0. The normalized spacial score (nSPS) is 13.2. The van der Waals surface area contributed by atoms with Crippen LogP contribution in [0.3, 0.4) is 0 Å². The average molecular weight is 196 g/mol. The van der Waals surface area contributed by atoms with Crippen LogP contribution in [0.5, 0.6) is 0 Å². The van der Waals surface area contributed by atoms with E-state index in [0.29, 0.717) is 0 Å². The van der Waals surface area contributed by atoms with Gasteiger partial charge in [0.05, 0.1) is 12.1 Å². The van der Waals surface area contributed by atoms with Gasteiger partial charge in [-0.3, -0.25) is 20.4 Å². The average Bonchev–Trinajstić information content (AvgIpc) is 2.59. The smallest absolute Gasteiger partial charge is 0.231 e. The fourth-order valence-corrected chi connectivity index (χ4v) is 1.67. The van der Waals surface area contributed by atoms with Crippen LogP contribution < -0.4 is 31.0 Å². The summed E-state index contributed by atoms with van der Waals surface area (Å²) >= 11 is 0.982. The molecule has 0 spiro atoms. The summed E-state index contributed by atoms with van der Waals surface area (Å²) in [6, 6.07) is 0. The Hall–Kier alpha value is -1.63. The zero-order chi connectivity index (χ0) is 9.59. The molecule has 66 valence electrons. The van der Waals surface area contributed by atoms with Gasteiger partial charge in [-0.15, -0.1) is 0 Å². The Kier molecular flexibility index (Phi) is 1.49. The molecule has 6 nitrogen and oxygen atoms in total. The van der Waals surface area contributed by atoms with Crippen LogP contribution in [0.1, 0.15) is 0 Å². The summed E-state index contributed by atoms with van der Waals surface area (Å²) in [5, 5.41) is 13.2. The number of hydrogen-bond donors (Lipinski definition) is 4. The van der Waals surface area contributed by atoms with E-state index in [1.165, 1.54) is 0 Å². The predicted molar refractivity (Wildman–Crippen MR) is 47.9 cm³/mol. The highest BCUT2D eigenvalue weighted by Crippen LogP contribution is 2.23. The van der Waals surface area contributed by atoms with E-state index in [-0.39, 0.29) is 11.4 Å². The minimum atomic E-state index is -0.614. The van der Waals surface area contributed by atoms with Crippen molar-refractivity contribution in [3.63, 3.8) is 0 Å². The van der Waals surface area contributed by atoms with Crippen molar-refractivity contribution in [3.05, 3.63) is 31.2 Å². The molecule has 1 aliphatic rings. The Morgan fingerprint density at radius 1 is 0.923 bits per heavy atom. The number of benzene rings is 1. The lowest BCUT2D eigenvalue weighted by Gasteiger charge is -1.91. The first-order valence-corrected chi connectivity index (χ1v) is 4.13. The lowest BCUT2D eigenvalue weighted by atomic mass is 10.2. The first kappa shape index (κ1) is 7.99. The third kappa shape index (κ3) is 0.903. The summed E-state index contributed by atoms with van der Waals surface area (Å²) < 4.78 is 5.13. The first-order valence-electron chi connectivity index (χ1n) is 3.32. The lowest BCUT2D eigenvalue weighted by molar-refractivity contribution is 1.09.